The maximum atomic E-state index is 6.06. The molecule has 0 bridgehead atoms. The van der Waals surface area contributed by atoms with Crippen LogP contribution in [0.15, 0.2) is 48.5 Å². The van der Waals surface area contributed by atoms with Gasteiger partial charge in [-0.2, -0.15) is 0 Å². The molecule has 106 valence electrons. The molecule has 0 aliphatic heterocycles. The topological polar surface area (TPSA) is 74.2 Å². The highest BCUT2D eigenvalue weighted by molar-refractivity contribution is 5.84. The molecule has 0 unspecified atom stereocenters. The minimum Gasteiger partial charge on any atom is -0.497 e. The molecule has 21 heavy (non-hydrogen) atoms. The summed E-state index contributed by atoms with van der Waals surface area (Å²) in [4.78, 5) is 4.44. The fourth-order valence-electron chi connectivity index (χ4n) is 2.36. The molecule has 1 heterocycles. The second kappa shape index (κ2) is 5.32. The summed E-state index contributed by atoms with van der Waals surface area (Å²) in [7, 11) is 1.66. The van der Waals surface area contributed by atoms with Crippen LogP contribution in [0.2, 0.25) is 0 Å². The van der Waals surface area contributed by atoms with E-state index >= 15 is 0 Å². The minimum atomic E-state index is 0.558. The third-order valence-electron chi connectivity index (χ3n) is 3.50. The maximum absolute atomic E-state index is 6.06. The number of nitrogen functional groups attached to an aromatic ring is 2. The molecule has 0 saturated carbocycles. The number of fused-ring (bicyclic) bond motifs is 1. The summed E-state index contributed by atoms with van der Waals surface area (Å²) in [6.45, 7) is 0. The SMILES string of the molecule is COc1ccc(Cc2cc3cc(N)ccc3nc2N)cc1. The summed E-state index contributed by atoms with van der Waals surface area (Å²) < 4.78 is 5.16. The number of nitrogens with two attached hydrogens (primary N) is 2. The van der Waals surface area contributed by atoms with Gasteiger partial charge in [-0.15, -0.1) is 0 Å². The summed E-state index contributed by atoms with van der Waals surface area (Å²) in [5, 5.41) is 1.01. The number of anilines is 2. The van der Waals surface area contributed by atoms with Gasteiger partial charge in [-0.25, -0.2) is 4.98 Å². The quantitative estimate of drug-likeness (QED) is 0.723. The number of benzene rings is 2. The standard InChI is InChI=1S/C17H17N3O/c1-21-15-5-2-11(3-6-15)8-13-9-12-10-14(18)4-7-16(12)20-17(13)19/h2-7,9-10H,8,18H2,1H3,(H2,19,20). The lowest BCUT2D eigenvalue weighted by Crippen LogP contribution is -2.00. The molecule has 0 aliphatic carbocycles. The zero-order valence-electron chi connectivity index (χ0n) is 11.8. The van der Waals surface area contributed by atoms with Crippen molar-refractivity contribution in [2.75, 3.05) is 18.6 Å². The van der Waals surface area contributed by atoms with E-state index in [2.05, 4.69) is 11.1 Å². The number of nitrogens with zero attached hydrogens (tertiary/aromatic N) is 1. The molecule has 0 atom stereocenters. The van der Waals surface area contributed by atoms with Crippen LogP contribution in [0, 0.1) is 0 Å². The van der Waals surface area contributed by atoms with E-state index in [1.807, 2.05) is 42.5 Å². The Morgan fingerprint density at radius 1 is 1.00 bits per heavy atom. The van der Waals surface area contributed by atoms with Crippen LogP contribution >= 0.6 is 0 Å². The van der Waals surface area contributed by atoms with Crippen molar-refractivity contribution in [2.45, 2.75) is 6.42 Å². The van der Waals surface area contributed by atoms with E-state index in [1.165, 1.54) is 0 Å². The molecular formula is C17H17N3O. The van der Waals surface area contributed by atoms with Gasteiger partial charge in [0.1, 0.15) is 11.6 Å². The van der Waals surface area contributed by atoms with Crippen molar-refractivity contribution in [3.63, 3.8) is 0 Å². The first-order valence-electron chi connectivity index (χ1n) is 6.73. The van der Waals surface area contributed by atoms with E-state index in [4.69, 9.17) is 16.2 Å². The number of rotatable bonds is 3. The van der Waals surface area contributed by atoms with Gasteiger partial charge in [0.15, 0.2) is 0 Å². The molecule has 2 aromatic carbocycles. The second-order valence-electron chi connectivity index (χ2n) is 5.01. The van der Waals surface area contributed by atoms with Gasteiger partial charge in [0.2, 0.25) is 0 Å². The highest BCUT2D eigenvalue weighted by atomic mass is 16.5. The Bertz CT molecular complexity index is 782. The lowest BCUT2D eigenvalue weighted by Gasteiger charge is -2.08. The Kier molecular flexibility index (Phi) is 3.36. The molecule has 4 heteroatoms. The van der Waals surface area contributed by atoms with E-state index in [9.17, 15) is 0 Å². The largest absolute Gasteiger partial charge is 0.497 e. The first kappa shape index (κ1) is 13.2. The van der Waals surface area contributed by atoms with Crippen molar-refractivity contribution in [3.8, 4) is 5.75 Å². The number of pyridine rings is 1. The lowest BCUT2D eigenvalue weighted by molar-refractivity contribution is 0.414. The van der Waals surface area contributed by atoms with Gasteiger partial charge in [0.25, 0.3) is 0 Å². The summed E-state index contributed by atoms with van der Waals surface area (Å²) in [5.74, 6) is 1.40. The molecule has 0 aliphatic rings. The first-order chi connectivity index (χ1) is 10.2. The Balaban J connectivity index is 1.96. The Morgan fingerprint density at radius 3 is 2.48 bits per heavy atom. The smallest absolute Gasteiger partial charge is 0.127 e. The number of hydrogen-bond donors (Lipinski definition) is 2. The lowest BCUT2D eigenvalue weighted by atomic mass is 10.0. The van der Waals surface area contributed by atoms with Crippen LogP contribution in [0.1, 0.15) is 11.1 Å². The average molecular weight is 279 g/mol. The van der Waals surface area contributed by atoms with Crippen LogP contribution in [-0.2, 0) is 6.42 Å². The van der Waals surface area contributed by atoms with E-state index in [1.54, 1.807) is 7.11 Å². The molecular weight excluding hydrogens is 262 g/mol. The third kappa shape index (κ3) is 2.74. The number of aromatic nitrogens is 1. The minimum absolute atomic E-state index is 0.558. The van der Waals surface area contributed by atoms with Crippen molar-refractivity contribution < 1.29 is 4.74 Å². The van der Waals surface area contributed by atoms with Gasteiger partial charge >= 0.3 is 0 Å². The molecule has 0 radical (unpaired) electrons. The van der Waals surface area contributed by atoms with Crippen molar-refractivity contribution in [1.82, 2.24) is 4.98 Å². The third-order valence-corrected chi connectivity index (χ3v) is 3.50. The van der Waals surface area contributed by atoms with Crippen LogP contribution in [0.3, 0.4) is 0 Å². The van der Waals surface area contributed by atoms with Crippen LogP contribution in [0.4, 0.5) is 11.5 Å². The number of hydrogen-bond acceptors (Lipinski definition) is 4. The first-order valence-corrected chi connectivity index (χ1v) is 6.73. The van der Waals surface area contributed by atoms with Gasteiger partial charge in [-0.3, -0.25) is 0 Å². The zero-order valence-corrected chi connectivity index (χ0v) is 11.8. The fourth-order valence-corrected chi connectivity index (χ4v) is 2.36. The zero-order chi connectivity index (χ0) is 14.8. The number of ether oxygens (including phenoxy) is 1. The Labute approximate surface area is 123 Å². The van der Waals surface area contributed by atoms with Crippen LogP contribution < -0.4 is 16.2 Å². The molecule has 0 fully saturated rings. The fraction of sp³-hybridized carbons (Fsp3) is 0.118. The van der Waals surface area contributed by atoms with Gasteiger partial charge in [0.05, 0.1) is 12.6 Å². The van der Waals surface area contributed by atoms with Crippen LogP contribution in [0.5, 0.6) is 5.75 Å². The predicted molar refractivity (Wildman–Crippen MR) is 86.4 cm³/mol. The van der Waals surface area contributed by atoms with Crippen LogP contribution in [-0.4, -0.2) is 12.1 Å². The van der Waals surface area contributed by atoms with Gasteiger partial charge in [0, 0.05) is 17.5 Å². The van der Waals surface area contributed by atoms with E-state index in [0.29, 0.717) is 5.82 Å². The van der Waals surface area contributed by atoms with Gasteiger partial charge in [-0.05, 0) is 47.5 Å². The van der Waals surface area contributed by atoms with Crippen molar-refractivity contribution in [2.24, 2.45) is 0 Å². The van der Waals surface area contributed by atoms with Crippen molar-refractivity contribution >= 4 is 22.4 Å². The molecule has 4 N–H and O–H groups in total. The van der Waals surface area contributed by atoms with E-state index in [0.717, 1.165) is 39.9 Å². The summed E-state index contributed by atoms with van der Waals surface area (Å²) >= 11 is 0. The summed E-state index contributed by atoms with van der Waals surface area (Å²) in [6, 6.07) is 15.6. The molecule has 4 nitrogen and oxygen atoms in total. The molecule has 0 amide bonds. The highest BCUT2D eigenvalue weighted by Gasteiger charge is 2.06. The molecule has 3 aromatic rings. The predicted octanol–water partition coefficient (Wildman–Crippen LogP) is 3.00. The maximum Gasteiger partial charge on any atom is 0.127 e. The van der Waals surface area contributed by atoms with E-state index in [-0.39, 0.29) is 0 Å². The summed E-state index contributed by atoms with van der Waals surface area (Å²) in [5.41, 5.74) is 15.6. The summed E-state index contributed by atoms with van der Waals surface area (Å²) in [6.07, 6.45) is 0.730. The molecule has 0 spiro atoms. The highest BCUT2D eigenvalue weighted by Crippen LogP contribution is 2.23. The van der Waals surface area contributed by atoms with Crippen molar-refractivity contribution in [1.29, 1.82) is 0 Å². The van der Waals surface area contributed by atoms with Crippen LogP contribution in [0.25, 0.3) is 10.9 Å². The van der Waals surface area contributed by atoms with Gasteiger partial charge in [-0.1, -0.05) is 12.1 Å². The number of methoxy groups -OCH3 is 1. The Hall–Kier alpha value is -2.75. The molecule has 3 rings (SSSR count). The van der Waals surface area contributed by atoms with E-state index < -0.39 is 0 Å². The molecule has 0 saturated heterocycles. The van der Waals surface area contributed by atoms with Crippen molar-refractivity contribution in [3.05, 3.63) is 59.7 Å². The molecule has 1 aromatic heterocycles. The van der Waals surface area contributed by atoms with Gasteiger partial charge < -0.3 is 16.2 Å². The Morgan fingerprint density at radius 2 is 1.76 bits per heavy atom. The normalized spacial score (nSPS) is 10.7. The second-order valence-corrected chi connectivity index (χ2v) is 5.01. The average Bonchev–Trinajstić information content (AvgIpc) is 2.49. The monoisotopic (exact) mass is 279 g/mol.